The van der Waals surface area contributed by atoms with Crippen molar-refractivity contribution in [2.75, 3.05) is 26.9 Å². The Morgan fingerprint density at radius 2 is 1.97 bits per heavy atom. The van der Waals surface area contributed by atoms with Gasteiger partial charge in [-0.25, -0.2) is 0 Å². The summed E-state index contributed by atoms with van der Waals surface area (Å²) in [5, 5.41) is 12.5. The zero-order valence-electron chi connectivity index (χ0n) is 19.4. The number of carbonyl (C=O) groups excluding carboxylic acids is 2. The number of aryl methyl sites for hydroxylation is 1. The number of aromatic nitrogens is 1. The Bertz CT molecular complexity index is 1280. The number of nitrogens with one attached hydrogen (secondary N) is 1. The molecule has 178 valence electrons. The first-order valence-corrected chi connectivity index (χ1v) is 11.5. The van der Waals surface area contributed by atoms with Crippen LogP contribution in [-0.4, -0.2) is 53.5 Å². The van der Waals surface area contributed by atoms with Crippen LogP contribution in [0.4, 0.5) is 0 Å². The maximum atomic E-state index is 13.3. The zero-order valence-corrected chi connectivity index (χ0v) is 20.1. The molecule has 1 amide bonds. The number of aliphatic hydroxyl groups excluding tert-OH is 1. The maximum absolute atomic E-state index is 13.3. The van der Waals surface area contributed by atoms with Gasteiger partial charge in [-0.3, -0.25) is 9.59 Å². The molecule has 0 bridgehead atoms. The van der Waals surface area contributed by atoms with E-state index in [-0.39, 0.29) is 21.9 Å². The van der Waals surface area contributed by atoms with E-state index < -0.39 is 17.7 Å². The molecule has 1 aliphatic rings. The van der Waals surface area contributed by atoms with Crippen molar-refractivity contribution < 1.29 is 24.2 Å². The van der Waals surface area contributed by atoms with Crippen LogP contribution in [0.1, 0.15) is 36.2 Å². The fraction of sp³-hybridized carbons (Fsp3) is 0.308. The van der Waals surface area contributed by atoms with Gasteiger partial charge in [0.1, 0.15) is 11.5 Å². The van der Waals surface area contributed by atoms with Crippen LogP contribution < -0.4 is 4.74 Å². The van der Waals surface area contributed by atoms with E-state index >= 15 is 0 Å². The molecule has 1 aliphatic heterocycles. The molecule has 3 aromatic rings. The maximum Gasteiger partial charge on any atom is 0.295 e. The second-order valence-corrected chi connectivity index (χ2v) is 8.53. The number of hydrogen-bond acceptors (Lipinski definition) is 5. The number of halogens is 1. The highest BCUT2D eigenvalue weighted by Gasteiger charge is 2.47. The lowest BCUT2D eigenvalue weighted by molar-refractivity contribution is -0.140. The van der Waals surface area contributed by atoms with Gasteiger partial charge in [0.25, 0.3) is 11.7 Å². The molecule has 2 N–H and O–H groups in total. The molecule has 1 fully saturated rings. The number of ether oxygens (including phenoxy) is 2. The van der Waals surface area contributed by atoms with Gasteiger partial charge < -0.3 is 24.5 Å². The van der Waals surface area contributed by atoms with Crippen LogP contribution in [0, 0.1) is 6.92 Å². The van der Waals surface area contributed by atoms with E-state index in [4.69, 9.17) is 21.1 Å². The Labute approximate surface area is 202 Å². The van der Waals surface area contributed by atoms with Crippen molar-refractivity contribution in [3.63, 3.8) is 0 Å². The molecule has 2 heterocycles. The molecule has 0 saturated carbocycles. The average molecular weight is 483 g/mol. The molecule has 0 spiro atoms. The van der Waals surface area contributed by atoms with E-state index in [0.717, 1.165) is 22.2 Å². The smallest absolute Gasteiger partial charge is 0.295 e. The number of aromatic amines is 1. The highest BCUT2D eigenvalue weighted by Crippen LogP contribution is 2.44. The number of H-pyrrole nitrogens is 1. The third kappa shape index (κ3) is 4.17. The highest BCUT2D eigenvalue weighted by atomic mass is 35.5. The lowest BCUT2D eigenvalue weighted by Gasteiger charge is -2.25. The van der Waals surface area contributed by atoms with E-state index in [0.29, 0.717) is 31.9 Å². The van der Waals surface area contributed by atoms with Crippen molar-refractivity contribution in [1.82, 2.24) is 9.88 Å². The second-order valence-electron chi connectivity index (χ2n) is 8.12. The summed E-state index contributed by atoms with van der Waals surface area (Å²) in [5.41, 5.74) is 2.71. The number of amides is 1. The lowest BCUT2D eigenvalue weighted by atomic mass is 9.93. The fourth-order valence-corrected chi connectivity index (χ4v) is 4.74. The van der Waals surface area contributed by atoms with Crippen LogP contribution in [0.2, 0.25) is 5.02 Å². The summed E-state index contributed by atoms with van der Waals surface area (Å²) in [6.45, 7) is 4.91. The molecule has 8 heteroatoms. The minimum absolute atomic E-state index is 0.00539. The highest BCUT2D eigenvalue weighted by molar-refractivity contribution is 6.47. The van der Waals surface area contributed by atoms with Gasteiger partial charge in [0.15, 0.2) is 0 Å². The summed E-state index contributed by atoms with van der Waals surface area (Å²) in [7, 11) is 1.59. The Morgan fingerprint density at radius 1 is 1.21 bits per heavy atom. The standard InChI is InChI=1S/C26H27ClN2O5/c1-4-34-16-10-11-19(27)18(14-16)24(30)22-23(29(12-7-13-33-3)26(32)25(22)31)21-15(2)28-20-9-6-5-8-17(20)21/h5-6,8-11,14,23,28,30H,4,7,12-13H2,1-3H3/b24-22+. The largest absolute Gasteiger partial charge is 0.507 e. The summed E-state index contributed by atoms with van der Waals surface area (Å²) < 4.78 is 10.7. The number of methoxy groups -OCH3 is 1. The number of ketones is 1. The molecule has 0 radical (unpaired) electrons. The first-order valence-electron chi connectivity index (χ1n) is 11.2. The Morgan fingerprint density at radius 3 is 2.71 bits per heavy atom. The van der Waals surface area contributed by atoms with E-state index in [9.17, 15) is 14.7 Å². The van der Waals surface area contributed by atoms with Gasteiger partial charge >= 0.3 is 0 Å². The number of aliphatic hydroxyl groups is 1. The quantitative estimate of drug-likeness (QED) is 0.204. The van der Waals surface area contributed by atoms with Gasteiger partial charge in [0.2, 0.25) is 0 Å². The summed E-state index contributed by atoms with van der Waals surface area (Å²) >= 11 is 6.41. The van der Waals surface area contributed by atoms with Crippen molar-refractivity contribution in [2.24, 2.45) is 0 Å². The fourth-order valence-electron chi connectivity index (χ4n) is 4.53. The Balaban J connectivity index is 1.94. The van der Waals surface area contributed by atoms with E-state index in [1.54, 1.807) is 25.3 Å². The molecule has 1 aromatic heterocycles. The van der Waals surface area contributed by atoms with Gasteiger partial charge in [0, 0.05) is 48.0 Å². The summed E-state index contributed by atoms with van der Waals surface area (Å²) in [6, 6.07) is 11.8. The first-order chi connectivity index (χ1) is 16.4. The minimum atomic E-state index is -0.778. The summed E-state index contributed by atoms with van der Waals surface area (Å²) in [5.74, 6) is -1.23. The Kier molecular flexibility index (Phi) is 6.95. The normalized spacial score (nSPS) is 17.6. The second kappa shape index (κ2) is 9.91. The number of Topliss-reactive ketones (excluding diaryl/α,β-unsaturated/α-hetero) is 1. The predicted octanol–water partition coefficient (Wildman–Crippen LogP) is 4.99. The van der Waals surface area contributed by atoms with Crippen LogP contribution in [0.3, 0.4) is 0 Å². The zero-order chi connectivity index (χ0) is 24.4. The van der Waals surface area contributed by atoms with Gasteiger partial charge in [-0.1, -0.05) is 29.8 Å². The SMILES string of the molecule is CCOc1ccc(Cl)c(/C(O)=C2\C(=O)C(=O)N(CCCOC)C2c2c(C)[nH]c3ccccc23)c1. The molecule has 7 nitrogen and oxygen atoms in total. The third-order valence-corrected chi connectivity index (χ3v) is 6.34. The third-order valence-electron chi connectivity index (χ3n) is 6.01. The van der Waals surface area contributed by atoms with Crippen LogP contribution in [0.5, 0.6) is 5.75 Å². The first kappa shape index (κ1) is 23.9. The number of para-hydroxylation sites is 1. The van der Waals surface area contributed by atoms with Gasteiger partial charge in [-0.05, 0) is 44.5 Å². The lowest BCUT2D eigenvalue weighted by Crippen LogP contribution is -2.31. The number of carbonyl (C=O) groups is 2. The van der Waals surface area contributed by atoms with E-state index in [1.807, 2.05) is 38.1 Å². The average Bonchev–Trinajstić information content (AvgIpc) is 3.27. The molecule has 2 aromatic carbocycles. The van der Waals surface area contributed by atoms with E-state index in [2.05, 4.69) is 4.98 Å². The van der Waals surface area contributed by atoms with Gasteiger partial charge in [-0.2, -0.15) is 0 Å². The molecule has 1 saturated heterocycles. The van der Waals surface area contributed by atoms with Crippen LogP contribution in [0.15, 0.2) is 48.0 Å². The summed E-state index contributed by atoms with van der Waals surface area (Å²) in [4.78, 5) is 31.3. The number of hydrogen-bond donors (Lipinski definition) is 2. The van der Waals surface area contributed by atoms with Gasteiger partial charge in [-0.15, -0.1) is 0 Å². The molecule has 1 unspecified atom stereocenters. The van der Waals surface area contributed by atoms with Crippen molar-refractivity contribution >= 4 is 40.0 Å². The number of nitrogens with zero attached hydrogens (tertiary/aromatic N) is 1. The molecule has 34 heavy (non-hydrogen) atoms. The molecule has 1 atom stereocenters. The van der Waals surface area contributed by atoms with Crippen LogP contribution in [-0.2, 0) is 14.3 Å². The molecule has 4 rings (SSSR count). The van der Waals surface area contributed by atoms with Crippen molar-refractivity contribution in [1.29, 1.82) is 0 Å². The predicted molar refractivity (Wildman–Crippen MR) is 131 cm³/mol. The Hall–Kier alpha value is -3.29. The van der Waals surface area contributed by atoms with Crippen LogP contribution >= 0.6 is 11.6 Å². The molecule has 0 aliphatic carbocycles. The number of rotatable bonds is 8. The van der Waals surface area contributed by atoms with Crippen molar-refractivity contribution in [3.05, 3.63) is 69.9 Å². The van der Waals surface area contributed by atoms with Gasteiger partial charge in [0.05, 0.1) is 23.2 Å². The topological polar surface area (TPSA) is 91.9 Å². The number of likely N-dealkylation sites (tertiary alicyclic amines) is 1. The minimum Gasteiger partial charge on any atom is -0.507 e. The van der Waals surface area contributed by atoms with Crippen molar-refractivity contribution in [3.8, 4) is 5.75 Å². The van der Waals surface area contributed by atoms with E-state index in [1.165, 1.54) is 4.90 Å². The number of fused-ring (bicyclic) bond motifs is 1. The monoisotopic (exact) mass is 482 g/mol. The summed E-state index contributed by atoms with van der Waals surface area (Å²) in [6.07, 6.45) is 0.544. The molecular formula is C26H27ClN2O5. The van der Waals surface area contributed by atoms with Crippen molar-refractivity contribution in [2.45, 2.75) is 26.3 Å². The van der Waals surface area contributed by atoms with Crippen LogP contribution in [0.25, 0.3) is 16.7 Å². The number of benzene rings is 2. The molecular weight excluding hydrogens is 456 g/mol.